The van der Waals surface area contributed by atoms with Crippen LogP contribution in [0, 0.1) is 11.3 Å². The molecule has 1 fully saturated rings. The molecule has 2 amide bonds. The summed E-state index contributed by atoms with van der Waals surface area (Å²) in [5.41, 5.74) is 1.54. The standard InChI is InChI=1S/C27H45N3O2/c1-7-23(3)30(26(32)19-22(2)20-27(4,5)6)14-13-25(31)29-17-15-28(16-18-29)21-24-11-9-8-10-12-24/h8-12,22-23H,7,13-21H2,1-6H3. The van der Waals surface area contributed by atoms with Crippen LogP contribution < -0.4 is 0 Å². The maximum atomic E-state index is 13.0. The van der Waals surface area contributed by atoms with Crippen LogP contribution in [0.4, 0.5) is 0 Å². The van der Waals surface area contributed by atoms with E-state index in [0.717, 1.165) is 45.6 Å². The molecule has 2 rings (SSSR count). The number of hydrogen-bond acceptors (Lipinski definition) is 3. The molecule has 180 valence electrons. The van der Waals surface area contributed by atoms with Crippen LogP contribution in [0.2, 0.25) is 0 Å². The first-order valence-corrected chi connectivity index (χ1v) is 12.4. The molecule has 1 heterocycles. The van der Waals surface area contributed by atoms with Crippen molar-refractivity contribution in [2.75, 3.05) is 32.7 Å². The summed E-state index contributed by atoms with van der Waals surface area (Å²) in [5, 5.41) is 0. The molecule has 0 spiro atoms. The minimum Gasteiger partial charge on any atom is -0.340 e. The number of benzene rings is 1. The van der Waals surface area contributed by atoms with E-state index in [-0.39, 0.29) is 23.3 Å². The Morgan fingerprint density at radius 3 is 2.22 bits per heavy atom. The van der Waals surface area contributed by atoms with Gasteiger partial charge in [0.15, 0.2) is 0 Å². The van der Waals surface area contributed by atoms with Crippen molar-refractivity contribution in [1.82, 2.24) is 14.7 Å². The maximum absolute atomic E-state index is 13.0. The fraction of sp³-hybridized carbons (Fsp3) is 0.704. The zero-order chi connectivity index (χ0) is 23.7. The molecule has 1 aliphatic heterocycles. The average molecular weight is 444 g/mol. The summed E-state index contributed by atoms with van der Waals surface area (Å²) >= 11 is 0. The Kier molecular flexibility index (Phi) is 10.2. The Bertz CT molecular complexity index is 705. The second-order valence-corrected chi connectivity index (χ2v) is 10.8. The fourth-order valence-electron chi connectivity index (χ4n) is 4.72. The van der Waals surface area contributed by atoms with Crippen LogP contribution in [0.5, 0.6) is 0 Å². The molecule has 0 aromatic heterocycles. The summed E-state index contributed by atoms with van der Waals surface area (Å²) in [5.74, 6) is 0.715. The van der Waals surface area contributed by atoms with Crippen LogP contribution in [0.25, 0.3) is 0 Å². The van der Waals surface area contributed by atoms with Crippen molar-refractivity contribution in [2.24, 2.45) is 11.3 Å². The normalized spacial score (nSPS) is 17.1. The Morgan fingerprint density at radius 2 is 1.66 bits per heavy atom. The highest BCUT2D eigenvalue weighted by atomic mass is 16.2. The Hall–Kier alpha value is -1.88. The Morgan fingerprint density at radius 1 is 1.03 bits per heavy atom. The first-order valence-electron chi connectivity index (χ1n) is 12.4. The molecule has 32 heavy (non-hydrogen) atoms. The SMILES string of the molecule is CCC(C)N(CCC(=O)N1CCN(Cc2ccccc2)CC1)C(=O)CC(C)CC(C)(C)C. The molecule has 0 bridgehead atoms. The first kappa shape index (κ1) is 26.4. The number of rotatable bonds is 10. The van der Waals surface area contributed by atoms with E-state index in [1.165, 1.54) is 5.56 Å². The third-order valence-electron chi connectivity index (χ3n) is 6.47. The van der Waals surface area contributed by atoms with Gasteiger partial charge in [-0.25, -0.2) is 0 Å². The van der Waals surface area contributed by atoms with Gasteiger partial charge in [-0.1, -0.05) is 65.0 Å². The van der Waals surface area contributed by atoms with E-state index in [1.54, 1.807) is 0 Å². The summed E-state index contributed by atoms with van der Waals surface area (Å²) in [4.78, 5) is 32.2. The smallest absolute Gasteiger partial charge is 0.224 e. The predicted molar refractivity (Wildman–Crippen MR) is 132 cm³/mol. The molecule has 1 saturated heterocycles. The topological polar surface area (TPSA) is 43.9 Å². The summed E-state index contributed by atoms with van der Waals surface area (Å²) in [6.07, 6.45) is 2.92. The van der Waals surface area contributed by atoms with Crippen molar-refractivity contribution in [3.63, 3.8) is 0 Å². The predicted octanol–water partition coefficient (Wildman–Crippen LogP) is 4.81. The molecule has 5 nitrogen and oxygen atoms in total. The van der Waals surface area contributed by atoms with Gasteiger partial charge in [-0.15, -0.1) is 0 Å². The van der Waals surface area contributed by atoms with Crippen LogP contribution in [0.1, 0.15) is 72.8 Å². The number of carbonyl (C=O) groups is 2. The van der Waals surface area contributed by atoms with Crippen molar-refractivity contribution < 1.29 is 9.59 Å². The number of amides is 2. The Labute approximate surface area is 196 Å². The van der Waals surface area contributed by atoms with Crippen LogP contribution in [0.15, 0.2) is 30.3 Å². The van der Waals surface area contributed by atoms with E-state index >= 15 is 0 Å². The first-order chi connectivity index (χ1) is 15.1. The lowest BCUT2D eigenvalue weighted by atomic mass is 9.84. The van der Waals surface area contributed by atoms with Gasteiger partial charge in [0.25, 0.3) is 0 Å². The summed E-state index contributed by atoms with van der Waals surface area (Å²) in [6, 6.07) is 10.7. The van der Waals surface area contributed by atoms with E-state index < -0.39 is 0 Å². The third-order valence-corrected chi connectivity index (χ3v) is 6.47. The van der Waals surface area contributed by atoms with Gasteiger partial charge in [-0.2, -0.15) is 0 Å². The third kappa shape index (κ3) is 8.93. The molecule has 1 aromatic carbocycles. The van der Waals surface area contributed by atoms with Crippen LogP contribution >= 0.6 is 0 Å². The highest BCUT2D eigenvalue weighted by molar-refractivity contribution is 5.79. The molecule has 0 aliphatic carbocycles. The lowest BCUT2D eigenvalue weighted by Crippen LogP contribution is -2.49. The summed E-state index contributed by atoms with van der Waals surface area (Å²) < 4.78 is 0. The molecule has 1 aromatic rings. The largest absolute Gasteiger partial charge is 0.340 e. The molecule has 0 saturated carbocycles. The van der Waals surface area contributed by atoms with Crippen LogP contribution in [0.3, 0.4) is 0 Å². The Balaban J connectivity index is 1.82. The van der Waals surface area contributed by atoms with E-state index in [1.807, 2.05) is 15.9 Å². The number of piperazine rings is 1. The second kappa shape index (κ2) is 12.4. The lowest BCUT2D eigenvalue weighted by molar-refractivity contribution is -0.137. The van der Waals surface area contributed by atoms with E-state index in [0.29, 0.717) is 25.3 Å². The van der Waals surface area contributed by atoms with Crippen LogP contribution in [-0.2, 0) is 16.1 Å². The molecule has 0 N–H and O–H groups in total. The average Bonchev–Trinajstić information content (AvgIpc) is 2.73. The molecular weight excluding hydrogens is 398 g/mol. The lowest BCUT2D eigenvalue weighted by Gasteiger charge is -2.36. The van der Waals surface area contributed by atoms with Crippen LogP contribution in [-0.4, -0.2) is 65.3 Å². The summed E-state index contributed by atoms with van der Waals surface area (Å²) in [7, 11) is 0. The number of nitrogens with zero attached hydrogens (tertiary/aromatic N) is 3. The van der Waals surface area contributed by atoms with Gasteiger partial charge < -0.3 is 9.80 Å². The van der Waals surface area contributed by atoms with Gasteiger partial charge in [0.05, 0.1) is 0 Å². The quantitative estimate of drug-likeness (QED) is 0.521. The fourth-order valence-corrected chi connectivity index (χ4v) is 4.72. The van der Waals surface area contributed by atoms with Crippen molar-refractivity contribution >= 4 is 11.8 Å². The maximum Gasteiger partial charge on any atom is 0.224 e. The van der Waals surface area contributed by atoms with E-state index in [4.69, 9.17) is 0 Å². The molecule has 2 unspecified atom stereocenters. The molecule has 5 heteroatoms. The molecule has 2 atom stereocenters. The van der Waals surface area contributed by atoms with Crippen molar-refractivity contribution in [3.8, 4) is 0 Å². The van der Waals surface area contributed by atoms with Gasteiger partial charge in [-0.05, 0) is 36.7 Å². The molecular formula is C27H45N3O2. The molecule has 1 aliphatic rings. The zero-order valence-corrected chi connectivity index (χ0v) is 21.3. The number of carbonyl (C=O) groups excluding carboxylic acids is 2. The van der Waals surface area contributed by atoms with E-state index in [2.05, 4.69) is 70.7 Å². The minimum absolute atomic E-state index is 0.167. The second-order valence-electron chi connectivity index (χ2n) is 10.8. The van der Waals surface area contributed by atoms with Crippen molar-refractivity contribution in [3.05, 3.63) is 35.9 Å². The zero-order valence-electron chi connectivity index (χ0n) is 21.3. The van der Waals surface area contributed by atoms with Gasteiger partial charge >= 0.3 is 0 Å². The summed E-state index contributed by atoms with van der Waals surface area (Å²) in [6.45, 7) is 17.8. The monoisotopic (exact) mass is 443 g/mol. The van der Waals surface area contributed by atoms with Gasteiger partial charge in [0, 0.05) is 58.2 Å². The van der Waals surface area contributed by atoms with Crippen molar-refractivity contribution in [1.29, 1.82) is 0 Å². The van der Waals surface area contributed by atoms with Crippen molar-refractivity contribution in [2.45, 2.75) is 79.8 Å². The number of hydrogen-bond donors (Lipinski definition) is 0. The minimum atomic E-state index is 0.167. The highest BCUT2D eigenvalue weighted by Gasteiger charge is 2.26. The van der Waals surface area contributed by atoms with Gasteiger partial charge in [-0.3, -0.25) is 14.5 Å². The molecule has 0 radical (unpaired) electrons. The highest BCUT2D eigenvalue weighted by Crippen LogP contribution is 2.26. The van der Waals surface area contributed by atoms with E-state index in [9.17, 15) is 9.59 Å². The van der Waals surface area contributed by atoms with Gasteiger partial charge in [0.2, 0.25) is 11.8 Å². The van der Waals surface area contributed by atoms with Gasteiger partial charge in [0.1, 0.15) is 0 Å².